The zero-order valence-electron chi connectivity index (χ0n) is 9.22. The van der Waals surface area contributed by atoms with Crippen LogP contribution in [0.4, 0.5) is 0 Å². The highest BCUT2D eigenvalue weighted by molar-refractivity contribution is 5.96. The molecule has 2 rings (SSSR count). The van der Waals surface area contributed by atoms with E-state index in [1.54, 1.807) is 6.92 Å². The van der Waals surface area contributed by atoms with Crippen LogP contribution in [-0.2, 0) is 9.59 Å². The second-order valence-corrected chi connectivity index (χ2v) is 5.63. The molecule has 0 spiro atoms. The van der Waals surface area contributed by atoms with Gasteiger partial charge in [-0.1, -0.05) is 13.8 Å². The van der Waals surface area contributed by atoms with E-state index >= 15 is 0 Å². The van der Waals surface area contributed by atoms with Crippen LogP contribution in [0, 0.1) is 16.7 Å². The third-order valence-electron chi connectivity index (χ3n) is 4.16. The number of Topliss-reactive ketones (excluding diaryl/α,β-unsaturated/α-hetero) is 2. The van der Waals surface area contributed by atoms with Crippen LogP contribution in [0.3, 0.4) is 0 Å². The molecule has 2 fully saturated rings. The number of carbonyl (C=O) groups is 2. The van der Waals surface area contributed by atoms with Crippen molar-refractivity contribution >= 4 is 11.6 Å². The van der Waals surface area contributed by atoms with Crippen molar-refractivity contribution in [3.63, 3.8) is 0 Å². The molecular weight excluding hydrogens is 176 g/mol. The van der Waals surface area contributed by atoms with Crippen molar-refractivity contribution in [2.75, 3.05) is 0 Å². The summed E-state index contributed by atoms with van der Waals surface area (Å²) in [6.07, 6.45) is 3.53. The molecule has 0 aliphatic heterocycles. The molecule has 0 aromatic rings. The van der Waals surface area contributed by atoms with Gasteiger partial charge in [0, 0.05) is 17.3 Å². The van der Waals surface area contributed by atoms with Gasteiger partial charge in [0.2, 0.25) is 0 Å². The van der Waals surface area contributed by atoms with Crippen molar-refractivity contribution in [2.24, 2.45) is 16.7 Å². The third kappa shape index (κ3) is 1.23. The summed E-state index contributed by atoms with van der Waals surface area (Å²) in [5.41, 5.74) is -0.421. The molecule has 0 bridgehead atoms. The maximum atomic E-state index is 12.2. The lowest BCUT2D eigenvalue weighted by Gasteiger charge is -2.34. The maximum Gasteiger partial charge on any atom is 0.145 e. The molecule has 0 heterocycles. The van der Waals surface area contributed by atoms with E-state index in [0.29, 0.717) is 18.1 Å². The standard InChI is InChI=1S/C12H18O2/c1-8(13)6-11(2)5-4-9-7-12(9,3)10(11)14/h9H,4-7H2,1-3H3/t9-,11+,12+/m1/s1. The van der Waals surface area contributed by atoms with Crippen LogP contribution < -0.4 is 0 Å². The van der Waals surface area contributed by atoms with Gasteiger partial charge >= 0.3 is 0 Å². The van der Waals surface area contributed by atoms with Gasteiger partial charge in [0.25, 0.3) is 0 Å². The average Bonchev–Trinajstić information content (AvgIpc) is 2.72. The van der Waals surface area contributed by atoms with Crippen molar-refractivity contribution in [1.29, 1.82) is 0 Å². The summed E-state index contributed by atoms with van der Waals surface area (Å²) in [5.74, 6) is 1.11. The quantitative estimate of drug-likeness (QED) is 0.676. The van der Waals surface area contributed by atoms with E-state index in [1.807, 2.05) is 6.92 Å². The molecule has 0 amide bonds. The van der Waals surface area contributed by atoms with Gasteiger partial charge in [-0.25, -0.2) is 0 Å². The zero-order chi connectivity index (χ0) is 10.6. The Morgan fingerprint density at radius 3 is 2.71 bits per heavy atom. The minimum absolute atomic E-state index is 0.0670. The first-order valence-corrected chi connectivity index (χ1v) is 5.43. The van der Waals surface area contributed by atoms with Crippen LogP contribution in [0.15, 0.2) is 0 Å². The molecule has 2 heteroatoms. The van der Waals surface area contributed by atoms with Crippen LogP contribution in [-0.4, -0.2) is 11.6 Å². The van der Waals surface area contributed by atoms with Gasteiger partial charge in [-0.3, -0.25) is 9.59 Å². The van der Waals surface area contributed by atoms with Gasteiger partial charge in [-0.05, 0) is 32.1 Å². The van der Waals surface area contributed by atoms with E-state index in [0.717, 1.165) is 19.3 Å². The summed E-state index contributed by atoms with van der Waals surface area (Å²) in [6.45, 7) is 5.62. The normalized spacial score (nSPS) is 45.9. The van der Waals surface area contributed by atoms with Gasteiger partial charge in [-0.15, -0.1) is 0 Å². The second kappa shape index (κ2) is 2.68. The van der Waals surface area contributed by atoms with Crippen LogP contribution in [0.5, 0.6) is 0 Å². The van der Waals surface area contributed by atoms with Crippen LogP contribution in [0.2, 0.25) is 0 Å². The van der Waals surface area contributed by atoms with Gasteiger partial charge in [0.05, 0.1) is 0 Å². The molecule has 0 saturated heterocycles. The van der Waals surface area contributed by atoms with Crippen molar-refractivity contribution in [1.82, 2.24) is 0 Å². The Morgan fingerprint density at radius 1 is 1.50 bits per heavy atom. The Balaban J connectivity index is 2.20. The van der Waals surface area contributed by atoms with Gasteiger partial charge in [0.1, 0.15) is 11.6 Å². The highest BCUT2D eigenvalue weighted by atomic mass is 16.1. The lowest BCUT2D eigenvalue weighted by Crippen LogP contribution is -2.39. The monoisotopic (exact) mass is 194 g/mol. The van der Waals surface area contributed by atoms with E-state index in [4.69, 9.17) is 0 Å². The SMILES string of the molecule is CC(=O)C[C@]1(C)CC[C@@H]2C[C@]2(C)C1=O. The predicted octanol–water partition coefficient (Wildman–Crippen LogP) is 2.36. The fraction of sp³-hybridized carbons (Fsp3) is 0.833. The topological polar surface area (TPSA) is 34.1 Å². The maximum absolute atomic E-state index is 12.2. The van der Waals surface area contributed by atoms with Gasteiger partial charge in [0.15, 0.2) is 0 Å². The van der Waals surface area contributed by atoms with E-state index in [2.05, 4.69) is 6.92 Å². The molecule has 0 aromatic carbocycles. The number of carbonyl (C=O) groups excluding carboxylic acids is 2. The summed E-state index contributed by atoms with van der Waals surface area (Å²) < 4.78 is 0. The molecule has 0 aromatic heterocycles. The van der Waals surface area contributed by atoms with Crippen LogP contribution in [0.25, 0.3) is 0 Å². The molecule has 2 aliphatic carbocycles. The Morgan fingerprint density at radius 2 is 2.14 bits per heavy atom. The fourth-order valence-electron chi connectivity index (χ4n) is 3.17. The molecular formula is C12H18O2. The van der Waals surface area contributed by atoms with E-state index < -0.39 is 0 Å². The number of hydrogen-bond acceptors (Lipinski definition) is 2. The molecule has 0 radical (unpaired) electrons. The molecule has 2 nitrogen and oxygen atoms in total. The Labute approximate surface area is 85.1 Å². The minimum Gasteiger partial charge on any atom is -0.300 e. The average molecular weight is 194 g/mol. The molecule has 2 saturated carbocycles. The van der Waals surface area contributed by atoms with Crippen molar-refractivity contribution in [3.05, 3.63) is 0 Å². The minimum atomic E-state index is -0.354. The fourth-order valence-corrected chi connectivity index (χ4v) is 3.17. The number of rotatable bonds is 2. The van der Waals surface area contributed by atoms with Gasteiger partial charge < -0.3 is 0 Å². The first-order chi connectivity index (χ1) is 6.38. The smallest absolute Gasteiger partial charge is 0.145 e. The molecule has 2 aliphatic rings. The second-order valence-electron chi connectivity index (χ2n) is 5.63. The van der Waals surface area contributed by atoms with Crippen molar-refractivity contribution < 1.29 is 9.59 Å². The highest BCUT2D eigenvalue weighted by Crippen LogP contribution is 2.63. The summed E-state index contributed by atoms with van der Waals surface area (Å²) in [6, 6.07) is 0. The number of hydrogen-bond donors (Lipinski definition) is 0. The summed E-state index contributed by atoms with van der Waals surface area (Å²) >= 11 is 0. The van der Waals surface area contributed by atoms with E-state index in [-0.39, 0.29) is 16.6 Å². The van der Waals surface area contributed by atoms with Crippen LogP contribution in [0.1, 0.15) is 46.5 Å². The predicted molar refractivity (Wildman–Crippen MR) is 53.9 cm³/mol. The summed E-state index contributed by atoms with van der Waals surface area (Å²) in [4.78, 5) is 23.3. The van der Waals surface area contributed by atoms with Crippen molar-refractivity contribution in [3.8, 4) is 0 Å². The molecule has 0 unspecified atom stereocenters. The molecule has 0 N–H and O–H groups in total. The molecule has 3 atom stereocenters. The number of ketones is 2. The Kier molecular flexibility index (Phi) is 1.89. The van der Waals surface area contributed by atoms with Gasteiger partial charge in [-0.2, -0.15) is 0 Å². The zero-order valence-corrected chi connectivity index (χ0v) is 9.22. The molecule has 14 heavy (non-hydrogen) atoms. The Hall–Kier alpha value is -0.660. The molecule has 78 valence electrons. The van der Waals surface area contributed by atoms with E-state index in [1.165, 1.54) is 0 Å². The first kappa shape index (κ1) is 9.88. The lowest BCUT2D eigenvalue weighted by atomic mass is 9.67. The largest absolute Gasteiger partial charge is 0.300 e. The summed E-state index contributed by atoms with van der Waals surface area (Å²) in [7, 11) is 0. The lowest BCUT2D eigenvalue weighted by molar-refractivity contribution is -0.139. The first-order valence-electron chi connectivity index (χ1n) is 5.43. The highest BCUT2D eigenvalue weighted by Gasteiger charge is 2.62. The summed E-state index contributed by atoms with van der Waals surface area (Å²) in [5, 5.41) is 0. The van der Waals surface area contributed by atoms with Crippen molar-refractivity contribution in [2.45, 2.75) is 46.5 Å². The van der Waals surface area contributed by atoms with Crippen LogP contribution >= 0.6 is 0 Å². The number of fused-ring (bicyclic) bond motifs is 1. The third-order valence-corrected chi connectivity index (χ3v) is 4.16. The van der Waals surface area contributed by atoms with E-state index in [9.17, 15) is 9.59 Å². The Bertz CT molecular complexity index is 307.